The summed E-state index contributed by atoms with van der Waals surface area (Å²) in [4.78, 5) is 4.37. The Morgan fingerprint density at radius 1 is 1.11 bits per heavy atom. The van der Waals surface area contributed by atoms with E-state index in [9.17, 15) is 0 Å². The van der Waals surface area contributed by atoms with E-state index in [1.54, 1.807) is 0 Å². The standard InChI is InChI=1S/C17H22N2/c1-4-9-18-11-15-6-8-17(13(2)10-15)16-7-5-14(3)19-12-16/h5-8,10,12,18H,4,9,11H2,1-3H3. The van der Waals surface area contributed by atoms with Gasteiger partial charge in [0.25, 0.3) is 0 Å². The SMILES string of the molecule is CCCNCc1ccc(-c2ccc(C)nc2)c(C)c1. The highest BCUT2D eigenvalue weighted by Crippen LogP contribution is 2.23. The number of aromatic nitrogens is 1. The molecule has 1 N–H and O–H groups in total. The summed E-state index contributed by atoms with van der Waals surface area (Å²) in [6, 6.07) is 10.9. The molecule has 0 aliphatic heterocycles. The van der Waals surface area contributed by atoms with Gasteiger partial charge in [-0.1, -0.05) is 31.2 Å². The minimum absolute atomic E-state index is 0.946. The van der Waals surface area contributed by atoms with E-state index in [0.717, 1.165) is 18.8 Å². The molecule has 0 atom stereocenters. The van der Waals surface area contributed by atoms with Crippen LogP contribution in [-0.2, 0) is 6.54 Å². The van der Waals surface area contributed by atoms with Crippen molar-refractivity contribution in [3.63, 3.8) is 0 Å². The summed E-state index contributed by atoms with van der Waals surface area (Å²) in [5.41, 5.74) is 6.17. The van der Waals surface area contributed by atoms with Gasteiger partial charge in [0.1, 0.15) is 0 Å². The van der Waals surface area contributed by atoms with E-state index in [-0.39, 0.29) is 0 Å². The average Bonchev–Trinajstić information content (AvgIpc) is 2.41. The highest BCUT2D eigenvalue weighted by Gasteiger charge is 2.03. The highest BCUT2D eigenvalue weighted by molar-refractivity contribution is 5.66. The Labute approximate surface area is 115 Å². The Hall–Kier alpha value is -1.67. The number of nitrogens with one attached hydrogen (secondary N) is 1. The minimum Gasteiger partial charge on any atom is -0.313 e. The number of aryl methyl sites for hydroxylation is 2. The molecule has 2 nitrogen and oxygen atoms in total. The molecular formula is C17H22N2. The van der Waals surface area contributed by atoms with Gasteiger partial charge < -0.3 is 5.32 Å². The Morgan fingerprint density at radius 2 is 1.95 bits per heavy atom. The normalized spacial score (nSPS) is 10.7. The van der Waals surface area contributed by atoms with Crippen LogP contribution in [0, 0.1) is 13.8 Å². The average molecular weight is 254 g/mol. The van der Waals surface area contributed by atoms with Crippen molar-refractivity contribution in [2.24, 2.45) is 0 Å². The van der Waals surface area contributed by atoms with Gasteiger partial charge in [-0.3, -0.25) is 4.98 Å². The molecule has 2 aromatic rings. The maximum Gasteiger partial charge on any atom is 0.0373 e. The third-order valence-corrected chi connectivity index (χ3v) is 3.27. The van der Waals surface area contributed by atoms with Crippen molar-refractivity contribution in [3.05, 3.63) is 53.3 Å². The lowest BCUT2D eigenvalue weighted by molar-refractivity contribution is 0.675. The van der Waals surface area contributed by atoms with Crippen molar-refractivity contribution in [1.82, 2.24) is 10.3 Å². The first-order valence-electron chi connectivity index (χ1n) is 6.94. The second-order valence-corrected chi connectivity index (χ2v) is 5.01. The summed E-state index contributed by atoms with van der Waals surface area (Å²) in [6.07, 6.45) is 3.12. The molecule has 1 aromatic heterocycles. The maximum absolute atomic E-state index is 4.37. The summed E-state index contributed by atoms with van der Waals surface area (Å²) in [6.45, 7) is 8.38. The number of pyridine rings is 1. The van der Waals surface area contributed by atoms with Gasteiger partial charge >= 0.3 is 0 Å². The second kappa shape index (κ2) is 6.48. The third kappa shape index (κ3) is 3.65. The first-order valence-corrected chi connectivity index (χ1v) is 6.94. The monoisotopic (exact) mass is 254 g/mol. The summed E-state index contributed by atoms with van der Waals surface area (Å²) >= 11 is 0. The molecule has 1 heterocycles. The Balaban J connectivity index is 2.17. The van der Waals surface area contributed by atoms with Crippen molar-refractivity contribution < 1.29 is 0 Å². The van der Waals surface area contributed by atoms with E-state index >= 15 is 0 Å². The van der Waals surface area contributed by atoms with Crippen molar-refractivity contribution in [2.75, 3.05) is 6.54 Å². The molecule has 2 heteroatoms. The fourth-order valence-corrected chi connectivity index (χ4v) is 2.20. The van der Waals surface area contributed by atoms with Crippen molar-refractivity contribution in [2.45, 2.75) is 33.7 Å². The molecule has 100 valence electrons. The van der Waals surface area contributed by atoms with Crippen LogP contribution in [0.3, 0.4) is 0 Å². The van der Waals surface area contributed by atoms with Gasteiger partial charge in [0.2, 0.25) is 0 Å². The number of hydrogen-bond acceptors (Lipinski definition) is 2. The molecular weight excluding hydrogens is 232 g/mol. The number of rotatable bonds is 5. The third-order valence-electron chi connectivity index (χ3n) is 3.27. The van der Waals surface area contributed by atoms with Crippen molar-refractivity contribution >= 4 is 0 Å². The predicted octanol–water partition coefficient (Wildman–Crippen LogP) is 3.87. The van der Waals surface area contributed by atoms with Crippen LogP contribution in [0.5, 0.6) is 0 Å². The first kappa shape index (κ1) is 13.8. The smallest absolute Gasteiger partial charge is 0.0373 e. The van der Waals surface area contributed by atoms with Crippen molar-refractivity contribution in [1.29, 1.82) is 0 Å². The van der Waals surface area contributed by atoms with E-state index < -0.39 is 0 Å². The number of hydrogen-bond donors (Lipinski definition) is 1. The molecule has 0 radical (unpaired) electrons. The Kier molecular flexibility index (Phi) is 4.69. The van der Waals surface area contributed by atoms with Crippen LogP contribution in [0.1, 0.15) is 30.2 Å². The molecule has 0 saturated carbocycles. The van der Waals surface area contributed by atoms with Gasteiger partial charge in [-0.25, -0.2) is 0 Å². The van der Waals surface area contributed by atoms with Crippen LogP contribution in [0.25, 0.3) is 11.1 Å². The van der Waals surface area contributed by atoms with Gasteiger partial charge in [-0.05, 0) is 49.6 Å². The van der Waals surface area contributed by atoms with Crippen LogP contribution < -0.4 is 5.32 Å². The Morgan fingerprint density at radius 3 is 2.58 bits per heavy atom. The van der Waals surface area contributed by atoms with Crippen LogP contribution in [0.2, 0.25) is 0 Å². The molecule has 2 rings (SSSR count). The fourth-order valence-electron chi connectivity index (χ4n) is 2.20. The molecule has 0 fully saturated rings. The number of nitrogens with zero attached hydrogens (tertiary/aromatic N) is 1. The van der Waals surface area contributed by atoms with Gasteiger partial charge in [0, 0.05) is 24.0 Å². The molecule has 1 aromatic carbocycles. The molecule has 0 aliphatic carbocycles. The molecule has 0 bridgehead atoms. The lowest BCUT2D eigenvalue weighted by atomic mass is 9.99. The fraction of sp³-hybridized carbons (Fsp3) is 0.353. The minimum atomic E-state index is 0.946. The molecule has 0 unspecified atom stereocenters. The van der Waals surface area contributed by atoms with Gasteiger partial charge in [0.15, 0.2) is 0 Å². The summed E-state index contributed by atoms with van der Waals surface area (Å²) in [5.74, 6) is 0. The van der Waals surface area contributed by atoms with Gasteiger partial charge in [0.05, 0.1) is 0 Å². The van der Waals surface area contributed by atoms with Gasteiger partial charge in [-0.2, -0.15) is 0 Å². The highest BCUT2D eigenvalue weighted by atomic mass is 14.8. The molecule has 0 saturated heterocycles. The molecule has 0 spiro atoms. The maximum atomic E-state index is 4.37. The zero-order chi connectivity index (χ0) is 13.7. The van der Waals surface area contributed by atoms with E-state index in [1.807, 2.05) is 13.1 Å². The number of benzene rings is 1. The second-order valence-electron chi connectivity index (χ2n) is 5.01. The van der Waals surface area contributed by atoms with Crippen LogP contribution in [0.4, 0.5) is 0 Å². The summed E-state index contributed by atoms with van der Waals surface area (Å²) < 4.78 is 0. The van der Waals surface area contributed by atoms with Crippen LogP contribution >= 0.6 is 0 Å². The predicted molar refractivity (Wildman–Crippen MR) is 81.1 cm³/mol. The molecule has 0 aliphatic rings. The topological polar surface area (TPSA) is 24.9 Å². The van der Waals surface area contributed by atoms with Gasteiger partial charge in [-0.15, -0.1) is 0 Å². The van der Waals surface area contributed by atoms with E-state index in [0.29, 0.717) is 0 Å². The largest absolute Gasteiger partial charge is 0.313 e. The summed E-state index contributed by atoms with van der Waals surface area (Å²) in [5, 5.41) is 3.43. The quantitative estimate of drug-likeness (QED) is 0.819. The van der Waals surface area contributed by atoms with E-state index in [2.05, 4.69) is 54.5 Å². The lowest BCUT2D eigenvalue weighted by Crippen LogP contribution is -2.13. The molecule has 19 heavy (non-hydrogen) atoms. The molecule has 0 amide bonds. The zero-order valence-corrected chi connectivity index (χ0v) is 12.0. The van der Waals surface area contributed by atoms with Crippen molar-refractivity contribution in [3.8, 4) is 11.1 Å². The van der Waals surface area contributed by atoms with E-state index in [1.165, 1.54) is 28.7 Å². The summed E-state index contributed by atoms with van der Waals surface area (Å²) in [7, 11) is 0. The van der Waals surface area contributed by atoms with Crippen LogP contribution in [-0.4, -0.2) is 11.5 Å². The first-order chi connectivity index (χ1) is 9.20. The van der Waals surface area contributed by atoms with E-state index in [4.69, 9.17) is 0 Å². The Bertz CT molecular complexity index is 529. The zero-order valence-electron chi connectivity index (χ0n) is 12.0. The van der Waals surface area contributed by atoms with Crippen LogP contribution in [0.15, 0.2) is 36.5 Å². The lowest BCUT2D eigenvalue weighted by Gasteiger charge is -2.09.